The average Bonchev–Trinajstić information content (AvgIpc) is 3.96. The van der Waals surface area contributed by atoms with Crippen LogP contribution in [0.15, 0.2) is 11.6 Å². The highest BCUT2D eigenvalue weighted by Crippen LogP contribution is 2.65. The molecular weight excluding hydrogens is 612 g/mol. The lowest BCUT2D eigenvalue weighted by atomic mass is 9.60. The Labute approximate surface area is 300 Å². The van der Waals surface area contributed by atoms with E-state index in [2.05, 4.69) is 19.9 Å². The Kier molecular flexibility index (Phi) is 17.7. The van der Waals surface area contributed by atoms with Crippen molar-refractivity contribution in [3.05, 3.63) is 11.6 Å². The van der Waals surface area contributed by atoms with Crippen LogP contribution in [0.1, 0.15) is 168 Å². The van der Waals surface area contributed by atoms with Crippen LogP contribution in [0.3, 0.4) is 0 Å². The Morgan fingerprint density at radius 3 is 1.80 bits per heavy atom. The van der Waals surface area contributed by atoms with Crippen LogP contribution in [-0.4, -0.2) is 61.4 Å². The van der Waals surface area contributed by atoms with Crippen LogP contribution in [0.2, 0.25) is 0 Å². The SMILES string of the molecule is CCCCCCC1C=C2C(CCCCCCCC(O)OCC3CO3)C(CCCCCCCC(O)OCC3CO3)[C@@H]3CC3C2CC1CCCC. The molecule has 0 aromatic rings. The zero-order valence-corrected chi connectivity index (χ0v) is 31.8. The first kappa shape index (κ1) is 39.7. The highest BCUT2D eigenvalue weighted by molar-refractivity contribution is 5.26. The molecule has 284 valence electrons. The van der Waals surface area contributed by atoms with Gasteiger partial charge in [-0.3, -0.25) is 0 Å². The summed E-state index contributed by atoms with van der Waals surface area (Å²) < 4.78 is 21.4. The second kappa shape index (κ2) is 21.9. The van der Waals surface area contributed by atoms with E-state index in [1.54, 1.807) is 0 Å². The van der Waals surface area contributed by atoms with Crippen molar-refractivity contribution in [3.63, 3.8) is 0 Å². The topological polar surface area (TPSA) is 84.0 Å². The van der Waals surface area contributed by atoms with Crippen molar-refractivity contribution in [2.24, 2.45) is 41.4 Å². The molecule has 0 aromatic heterocycles. The zero-order chi connectivity index (χ0) is 34.3. The lowest BCUT2D eigenvalue weighted by Gasteiger charge is -2.45. The van der Waals surface area contributed by atoms with E-state index in [0.717, 1.165) is 80.3 Å². The van der Waals surface area contributed by atoms with Crippen molar-refractivity contribution in [1.82, 2.24) is 0 Å². The largest absolute Gasteiger partial charge is 0.371 e. The molecule has 0 spiro atoms. The van der Waals surface area contributed by atoms with Gasteiger partial charge in [0.05, 0.1) is 26.4 Å². The minimum atomic E-state index is -0.627. The maximum Gasteiger partial charge on any atom is 0.154 e. The fourth-order valence-electron chi connectivity index (χ4n) is 9.80. The van der Waals surface area contributed by atoms with Crippen molar-refractivity contribution < 1.29 is 29.2 Å². The van der Waals surface area contributed by atoms with Gasteiger partial charge in [-0.25, -0.2) is 0 Å². The van der Waals surface area contributed by atoms with Crippen molar-refractivity contribution >= 4 is 0 Å². The van der Waals surface area contributed by atoms with E-state index < -0.39 is 12.6 Å². The molecule has 0 amide bonds. The fraction of sp³-hybridized carbons (Fsp3) is 0.953. The monoisotopic (exact) mass is 689 g/mol. The first-order chi connectivity index (χ1) is 24.1. The molecule has 3 aliphatic carbocycles. The molecule has 5 aliphatic rings. The molecule has 2 saturated heterocycles. The molecule has 2 N–H and O–H groups in total. The molecule has 49 heavy (non-hydrogen) atoms. The van der Waals surface area contributed by atoms with Crippen molar-refractivity contribution in [1.29, 1.82) is 0 Å². The number of unbranched alkanes of at least 4 members (excludes halogenated alkanes) is 12. The van der Waals surface area contributed by atoms with Gasteiger partial charge in [0, 0.05) is 0 Å². The number of hydrogen-bond acceptors (Lipinski definition) is 6. The lowest BCUT2D eigenvalue weighted by Crippen LogP contribution is -2.36. The van der Waals surface area contributed by atoms with E-state index in [4.69, 9.17) is 18.9 Å². The van der Waals surface area contributed by atoms with Gasteiger partial charge >= 0.3 is 0 Å². The smallest absolute Gasteiger partial charge is 0.154 e. The Bertz CT molecular complexity index is 916. The third kappa shape index (κ3) is 14.1. The molecule has 6 nitrogen and oxygen atoms in total. The molecule has 0 radical (unpaired) electrons. The summed E-state index contributed by atoms with van der Waals surface area (Å²) in [4.78, 5) is 0. The summed E-state index contributed by atoms with van der Waals surface area (Å²) in [7, 11) is 0. The van der Waals surface area contributed by atoms with Crippen LogP contribution < -0.4 is 0 Å². The van der Waals surface area contributed by atoms with Gasteiger partial charge in [-0.2, -0.15) is 0 Å². The second-order valence-corrected chi connectivity index (χ2v) is 16.9. The van der Waals surface area contributed by atoms with Crippen LogP contribution in [0.5, 0.6) is 0 Å². The Morgan fingerprint density at radius 1 is 0.633 bits per heavy atom. The van der Waals surface area contributed by atoms with Gasteiger partial charge in [-0.1, -0.05) is 115 Å². The van der Waals surface area contributed by atoms with E-state index in [9.17, 15) is 10.2 Å². The Hall–Kier alpha value is -0.500. The highest BCUT2D eigenvalue weighted by Gasteiger charge is 2.56. The van der Waals surface area contributed by atoms with Crippen molar-refractivity contribution in [2.45, 2.75) is 193 Å². The summed E-state index contributed by atoms with van der Waals surface area (Å²) in [5, 5.41) is 20.2. The average molecular weight is 689 g/mol. The zero-order valence-electron chi connectivity index (χ0n) is 31.8. The molecule has 0 aromatic carbocycles. The Morgan fingerprint density at radius 2 is 1.18 bits per heavy atom. The number of epoxide rings is 2. The number of fused-ring (bicyclic) bond motifs is 3. The third-order valence-electron chi connectivity index (χ3n) is 12.9. The van der Waals surface area contributed by atoms with E-state index >= 15 is 0 Å². The third-order valence-corrected chi connectivity index (χ3v) is 12.9. The summed E-state index contributed by atoms with van der Waals surface area (Å²) in [6.07, 6.45) is 33.1. The number of allylic oxidation sites excluding steroid dienone is 2. The Balaban J connectivity index is 1.10. The summed E-state index contributed by atoms with van der Waals surface area (Å²) in [6, 6.07) is 0. The minimum absolute atomic E-state index is 0.222. The van der Waals surface area contributed by atoms with E-state index in [1.165, 1.54) is 128 Å². The highest BCUT2D eigenvalue weighted by atomic mass is 16.6. The molecule has 4 fully saturated rings. The summed E-state index contributed by atoms with van der Waals surface area (Å²) in [5.74, 6) is 6.35. The number of aliphatic hydroxyl groups excluding tert-OH is 2. The number of aliphatic hydroxyl groups is 2. The molecule has 2 aliphatic heterocycles. The normalized spacial score (nSPS) is 32.7. The standard InChI is InChI=1S/C43H76O6/c1-3-5-7-14-20-33-25-38-36(21-15-10-8-12-17-23-42(44)48-30-34-28-46-34)37(40-27-41(40)39(38)26-32(33)19-6-4-2)22-16-11-9-13-18-24-43(45)49-31-35-29-47-35/h25,32-37,39-45H,3-24,26-31H2,1-2H3/t32?,33?,34?,35?,36?,37?,39?,40-,41?,42?,43?/m0/s1. The lowest BCUT2D eigenvalue weighted by molar-refractivity contribution is -0.108. The molecule has 2 saturated carbocycles. The van der Waals surface area contributed by atoms with Gasteiger partial charge in [0.2, 0.25) is 0 Å². The molecule has 0 bridgehead atoms. The number of hydrogen-bond donors (Lipinski definition) is 2. The predicted molar refractivity (Wildman–Crippen MR) is 198 cm³/mol. The van der Waals surface area contributed by atoms with Crippen LogP contribution in [0.4, 0.5) is 0 Å². The van der Waals surface area contributed by atoms with E-state index in [1.807, 2.05) is 5.57 Å². The summed E-state index contributed by atoms with van der Waals surface area (Å²) >= 11 is 0. The van der Waals surface area contributed by atoms with Crippen LogP contribution in [0.25, 0.3) is 0 Å². The maximum absolute atomic E-state index is 10.1. The molecule has 2 heterocycles. The number of ether oxygens (including phenoxy) is 4. The summed E-state index contributed by atoms with van der Waals surface area (Å²) in [6.45, 7) is 7.36. The van der Waals surface area contributed by atoms with Crippen LogP contribution >= 0.6 is 0 Å². The van der Waals surface area contributed by atoms with Crippen molar-refractivity contribution in [2.75, 3.05) is 26.4 Å². The maximum atomic E-state index is 10.1. The molecule has 6 heteroatoms. The first-order valence-corrected chi connectivity index (χ1v) is 21.6. The number of rotatable bonds is 30. The predicted octanol–water partition coefficient (Wildman–Crippen LogP) is 10.1. The fourth-order valence-corrected chi connectivity index (χ4v) is 9.80. The van der Waals surface area contributed by atoms with Gasteiger partial charge in [-0.15, -0.1) is 0 Å². The second-order valence-electron chi connectivity index (χ2n) is 16.9. The van der Waals surface area contributed by atoms with E-state index in [0.29, 0.717) is 13.2 Å². The minimum Gasteiger partial charge on any atom is -0.371 e. The molecule has 5 rings (SSSR count). The van der Waals surface area contributed by atoms with Gasteiger partial charge in [0.15, 0.2) is 12.6 Å². The van der Waals surface area contributed by atoms with Gasteiger partial charge in [0.25, 0.3) is 0 Å². The van der Waals surface area contributed by atoms with Gasteiger partial charge in [0.1, 0.15) is 12.2 Å². The van der Waals surface area contributed by atoms with Crippen molar-refractivity contribution in [3.8, 4) is 0 Å². The molecular formula is C43H76O6. The van der Waals surface area contributed by atoms with Crippen LogP contribution in [-0.2, 0) is 18.9 Å². The summed E-state index contributed by atoms with van der Waals surface area (Å²) in [5.41, 5.74) is 1.95. The molecule has 10 unspecified atom stereocenters. The van der Waals surface area contributed by atoms with Gasteiger partial charge in [-0.05, 0) is 106 Å². The van der Waals surface area contributed by atoms with E-state index in [-0.39, 0.29) is 12.2 Å². The van der Waals surface area contributed by atoms with Gasteiger partial charge < -0.3 is 29.2 Å². The quantitative estimate of drug-likeness (QED) is 0.0338. The van der Waals surface area contributed by atoms with Crippen LogP contribution in [0, 0.1) is 41.4 Å². The molecule has 11 atom stereocenters. The first-order valence-electron chi connectivity index (χ1n) is 21.6.